The number of amides is 1. The smallest absolute Gasteiger partial charge is 0.246 e. The van der Waals surface area contributed by atoms with Crippen molar-refractivity contribution in [2.75, 3.05) is 5.32 Å². The van der Waals surface area contributed by atoms with Crippen molar-refractivity contribution in [3.8, 4) is 0 Å². The van der Waals surface area contributed by atoms with Crippen molar-refractivity contribution in [1.29, 1.82) is 0 Å². The molecular weight excluding hydrogens is 282 g/mol. The average Bonchev–Trinajstić information content (AvgIpc) is 3.12. The Balaban J connectivity index is 1.83. The summed E-state index contributed by atoms with van der Waals surface area (Å²) in [7, 11) is 0. The van der Waals surface area contributed by atoms with Crippen LogP contribution < -0.4 is 11.1 Å². The largest absolute Gasteiger partial charge is 0.317 e. The highest BCUT2D eigenvalue weighted by atomic mass is 35.5. The third-order valence-corrected chi connectivity index (χ3v) is 4.65. The number of fused-ring (bicyclic) bond motifs is 1. The lowest BCUT2D eigenvalue weighted by molar-refractivity contribution is -0.121. The summed E-state index contributed by atoms with van der Waals surface area (Å²) in [5.74, 6) is 0.122. The third-order valence-electron chi connectivity index (χ3n) is 3.49. The number of nitrogens with zero attached hydrogens (tertiary/aromatic N) is 1. The molecule has 1 unspecified atom stereocenters. The maximum atomic E-state index is 12.2. The fraction of sp³-hybridized carbons (Fsp3) is 0.385. The Labute approximate surface area is 120 Å². The van der Waals surface area contributed by atoms with E-state index in [1.54, 1.807) is 13.0 Å². The van der Waals surface area contributed by atoms with E-state index in [-0.39, 0.29) is 11.8 Å². The molecule has 3 N–H and O–H groups in total. The van der Waals surface area contributed by atoms with Crippen LogP contribution in [0.3, 0.4) is 0 Å². The first-order valence-electron chi connectivity index (χ1n) is 6.13. The highest BCUT2D eigenvalue weighted by molar-refractivity contribution is 7.22. The zero-order valence-electron chi connectivity index (χ0n) is 10.4. The number of anilines is 1. The van der Waals surface area contributed by atoms with Crippen LogP contribution in [0.25, 0.3) is 10.2 Å². The molecule has 1 aromatic heterocycles. The molecule has 1 atom stereocenters. The number of carbonyl (C=O) groups is 1. The number of rotatable bonds is 3. The van der Waals surface area contributed by atoms with Crippen molar-refractivity contribution in [3.63, 3.8) is 0 Å². The lowest BCUT2D eigenvalue weighted by Crippen LogP contribution is -2.50. The molecule has 0 bridgehead atoms. The van der Waals surface area contributed by atoms with Gasteiger partial charge in [-0.05, 0) is 43.9 Å². The molecule has 0 aliphatic heterocycles. The van der Waals surface area contributed by atoms with Crippen LogP contribution in [-0.4, -0.2) is 16.4 Å². The van der Waals surface area contributed by atoms with Gasteiger partial charge in [0.1, 0.15) is 0 Å². The normalized spacial score (nSPS) is 18.3. The number of nitrogens with two attached hydrogens (primary N) is 1. The van der Waals surface area contributed by atoms with Crippen LogP contribution in [0, 0.1) is 5.92 Å². The Hall–Kier alpha value is -1.17. The first kappa shape index (κ1) is 12.8. The van der Waals surface area contributed by atoms with Gasteiger partial charge in [0.05, 0.1) is 15.8 Å². The van der Waals surface area contributed by atoms with E-state index in [9.17, 15) is 4.79 Å². The van der Waals surface area contributed by atoms with Crippen LogP contribution in [0.15, 0.2) is 18.2 Å². The second kappa shape index (κ2) is 4.44. The van der Waals surface area contributed by atoms with Gasteiger partial charge in [-0.25, -0.2) is 4.98 Å². The van der Waals surface area contributed by atoms with E-state index in [4.69, 9.17) is 17.3 Å². The van der Waals surface area contributed by atoms with Gasteiger partial charge in [-0.3, -0.25) is 4.79 Å². The molecule has 2 aromatic rings. The number of thiazole rings is 1. The monoisotopic (exact) mass is 295 g/mol. The lowest BCUT2D eigenvalue weighted by atomic mass is 9.96. The van der Waals surface area contributed by atoms with E-state index >= 15 is 0 Å². The SMILES string of the molecule is CC(N)(C(=O)Nc1nc2ccc(Cl)cc2s1)C1CC1. The topological polar surface area (TPSA) is 68.0 Å². The predicted molar refractivity (Wildman–Crippen MR) is 78.6 cm³/mol. The quantitative estimate of drug-likeness (QED) is 0.914. The van der Waals surface area contributed by atoms with Crippen LogP contribution in [-0.2, 0) is 4.79 Å². The summed E-state index contributed by atoms with van der Waals surface area (Å²) < 4.78 is 0.952. The van der Waals surface area contributed by atoms with Crippen LogP contribution in [0.4, 0.5) is 5.13 Å². The van der Waals surface area contributed by atoms with Gasteiger partial charge < -0.3 is 11.1 Å². The van der Waals surface area contributed by atoms with Crippen LogP contribution in [0.5, 0.6) is 0 Å². The van der Waals surface area contributed by atoms with Gasteiger partial charge in [0, 0.05) is 5.02 Å². The number of hydrogen-bond donors (Lipinski definition) is 2. The summed E-state index contributed by atoms with van der Waals surface area (Å²) in [6.07, 6.45) is 2.05. The molecule has 1 fully saturated rings. The molecule has 1 aromatic carbocycles. The molecule has 0 radical (unpaired) electrons. The molecule has 1 aliphatic rings. The molecule has 1 saturated carbocycles. The number of carbonyl (C=O) groups excluding carboxylic acids is 1. The van der Waals surface area contributed by atoms with Gasteiger partial charge in [-0.15, -0.1) is 0 Å². The minimum Gasteiger partial charge on any atom is -0.317 e. The second-order valence-corrected chi connectivity index (χ2v) is 6.61. The minimum absolute atomic E-state index is 0.167. The Morgan fingerprint density at radius 1 is 1.58 bits per heavy atom. The molecule has 0 spiro atoms. The highest BCUT2D eigenvalue weighted by Crippen LogP contribution is 2.39. The first-order valence-corrected chi connectivity index (χ1v) is 7.32. The summed E-state index contributed by atoms with van der Waals surface area (Å²) in [6, 6.07) is 5.46. The minimum atomic E-state index is -0.810. The van der Waals surface area contributed by atoms with E-state index in [1.807, 2.05) is 12.1 Å². The molecule has 19 heavy (non-hydrogen) atoms. The van der Waals surface area contributed by atoms with Gasteiger partial charge in [-0.1, -0.05) is 22.9 Å². The molecule has 4 nitrogen and oxygen atoms in total. The zero-order valence-corrected chi connectivity index (χ0v) is 12.0. The molecular formula is C13H14ClN3OS. The molecule has 1 heterocycles. The predicted octanol–water partition coefficient (Wildman–Crippen LogP) is 3.02. The van der Waals surface area contributed by atoms with Gasteiger partial charge in [0.2, 0.25) is 5.91 Å². The van der Waals surface area contributed by atoms with E-state index in [0.29, 0.717) is 10.2 Å². The van der Waals surface area contributed by atoms with Crippen LogP contribution in [0.2, 0.25) is 5.02 Å². The fourth-order valence-corrected chi connectivity index (χ4v) is 3.19. The molecule has 1 amide bonds. The van der Waals surface area contributed by atoms with Gasteiger partial charge >= 0.3 is 0 Å². The second-order valence-electron chi connectivity index (χ2n) is 5.14. The summed E-state index contributed by atoms with van der Waals surface area (Å²) in [5.41, 5.74) is 6.09. The Morgan fingerprint density at radius 3 is 3.00 bits per heavy atom. The Bertz CT molecular complexity index is 648. The van der Waals surface area contributed by atoms with Crippen molar-refractivity contribution in [2.45, 2.75) is 25.3 Å². The molecule has 0 saturated heterocycles. The number of nitrogens with one attached hydrogen (secondary N) is 1. The highest BCUT2D eigenvalue weighted by Gasteiger charge is 2.44. The number of hydrogen-bond acceptors (Lipinski definition) is 4. The summed E-state index contributed by atoms with van der Waals surface area (Å²) >= 11 is 7.33. The van der Waals surface area contributed by atoms with E-state index in [0.717, 1.165) is 23.1 Å². The van der Waals surface area contributed by atoms with E-state index < -0.39 is 5.54 Å². The first-order chi connectivity index (χ1) is 8.96. The Kier molecular flexibility index (Phi) is 3.00. The number of halogens is 1. The van der Waals surface area contributed by atoms with Crippen LogP contribution in [0.1, 0.15) is 19.8 Å². The summed E-state index contributed by atoms with van der Waals surface area (Å²) in [4.78, 5) is 16.5. The standard InChI is InChI=1S/C13H14ClN3OS/c1-13(15,7-2-3-7)11(18)17-12-16-9-5-4-8(14)6-10(9)19-12/h4-7H,2-3,15H2,1H3,(H,16,17,18). The van der Waals surface area contributed by atoms with Crippen molar-refractivity contribution in [1.82, 2.24) is 4.98 Å². The third kappa shape index (κ3) is 2.45. The molecule has 6 heteroatoms. The van der Waals surface area contributed by atoms with E-state index in [2.05, 4.69) is 10.3 Å². The summed E-state index contributed by atoms with van der Waals surface area (Å²) in [5, 5.41) is 4.04. The van der Waals surface area contributed by atoms with Gasteiger partial charge in [0.25, 0.3) is 0 Å². The van der Waals surface area contributed by atoms with Crippen molar-refractivity contribution >= 4 is 44.2 Å². The molecule has 3 rings (SSSR count). The fourth-order valence-electron chi connectivity index (χ4n) is 2.05. The average molecular weight is 296 g/mol. The van der Waals surface area contributed by atoms with Gasteiger partial charge in [0.15, 0.2) is 5.13 Å². The number of benzene rings is 1. The maximum Gasteiger partial charge on any atom is 0.246 e. The lowest BCUT2D eigenvalue weighted by Gasteiger charge is -2.22. The van der Waals surface area contributed by atoms with Gasteiger partial charge in [-0.2, -0.15) is 0 Å². The maximum absolute atomic E-state index is 12.2. The Morgan fingerprint density at radius 2 is 2.32 bits per heavy atom. The van der Waals surface area contributed by atoms with Crippen LogP contribution >= 0.6 is 22.9 Å². The van der Waals surface area contributed by atoms with Crippen molar-refractivity contribution < 1.29 is 4.79 Å². The number of aromatic nitrogens is 1. The molecule has 100 valence electrons. The van der Waals surface area contributed by atoms with Crippen molar-refractivity contribution in [3.05, 3.63) is 23.2 Å². The zero-order chi connectivity index (χ0) is 13.6. The van der Waals surface area contributed by atoms with E-state index in [1.165, 1.54) is 11.3 Å². The van der Waals surface area contributed by atoms with Crippen molar-refractivity contribution in [2.24, 2.45) is 11.7 Å². The molecule has 1 aliphatic carbocycles. The summed E-state index contributed by atoms with van der Waals surface area (Å²) in [6.45, 7) is 1.78.